The number of rotatable bonds is 3. The van der Waals surface area contributed by atoms with Gasteiger partial charge in [0.05, 0.1) is 17.2 Å². The van der Waals surface area contributed by atoms with Crippen LogP contribution in [-0.2, 0) is 15.7 Å². The first-order valence-electron chi connectivity index (χ1n) is 6.54. The van der Waals surface area contributed by atoms with E-state index in [1.165, 1.54) is 0 Å². The minimum atomic E-state index is -4.85. The van der Waals surface area contributed by atoms with Crippen LogP contribution < -0.4 is 0 Å². The number of ether oxygens (including phenoxy) is 2. The van der Waals surface area contributed by atoms with Gasteiger partial charge in [-0.1, -0.05) is 6.07 Å². The summed E-state index contributed by atoms with van der Waals surface area (Å²) in [7, 11) is 0. The molecule has 0 saturated carbocycles. The van der Waals surface area contributed by atoms with Crippen molar-refractivity contribution in [1.29, 1.82) is 0 Å². The van der Waals surface area contributed by atoms with Gasteiger partial charge in [0.2, 0.25) is 0 Å². The van der Waals surface area contributed by atoms with Crippen molar-refractivity contribution >= 4 is 5.97 Å². The van der Waals surface area contributed by atoms with Gasteiger partial charge in [-0.2, -0.15) is 13.2 Å². The molecular weight excluding hydrogens is 292 g/mol. The lowest BCUT2D eigenvalue weighted by atomic mass is 10.1. The Balaban J connectivity index is 2.05. The number of carbonyl (C=O) groups is 1. The molecule has 1 aliphatic heterocycles. The lowest BCUT2D eigenvalue weighted by Crippen LogP contribution is -2.26. The van der Waals surface area contributed by atoms with Crippen molar-refractivity contribution in [1.82, 2.24) is 0 Å². The Morgan fingerprint density at radius 1 is 1.33 bits per heavy atom. The summed E-state index contributed by atoms with van der Waals surface area (Å²) in [5.41, 5.74) is -2.20. The minimum Gasteiger partial charge on any atom is -0.459 e. The first kappa shape index (κ1) is 15.8. The third-order valence-corrected chi connectivity index (χ3v) is 3.20. The molecule has 1 unspecified atom stereocenters. The number of carbonyl (C=O) groups excluding carboxylic acids is 1. The van der Waals surface area contributed by atoms with Gasteiger partial charge in [-0.3, -0.25) is 0 Å². The maximum atomic E-state index is 13.7. The molecule has 0 amide bonds. The molecule has 0 N–H and O–H groups in total. The highest BCUT2D eigenvalue weighted by atomic mass is 19.4. The summed E-state index contributed by atoms with van der Waals surface area (Å²) in [6.07, 6.45) is -2.57. The molecule has 1 aromatic rings. The van der Waals surface area contributed by atoms with Crippen LogP contribution in [0, 0.1) is 5.82 Å². The second kappa shape index (κ2) is 6.43. The monoisotopic (exact) mass is 306 g/mol. The summed E-state index contributed by atoms with van der Waals surface area (Å²) in [5.74, 6) is -2.73. The molecule has 116 valence electrons. The Labute approximate surface area is 118 Å². The van der Waals surface area contributed by atoms with Crippen molar-refractivity contribution in [3.63, 3.8) is 0 Å². The molecule has 1 heterocycles. The van der Waals surface area contributed by atoms with Crippen molar-refractivity contribution in [2.75, 3.05) is 13.2 Å². The van der Waals surface area contributed by atoms with Crippen LogP contribution in [0.3, 0.4) is 0 Å². The standard InChI is InChI=1S/C14H14F4O3/c15-12-10(5-3-6-11(12)14(16,17)18)13(19)21-8-9-4-1-2-7-20-9/h3,5-6,9H,1-2,4,7-8H2. The van der Waals surface area contributed by atoms with Gasteiger partial charge in [0.25, 0.3) is 0 Å². The molecule has 1 aromatic carbocycles. The highest BCUT2D eigenvalue weighted by molar-refractivity contribution is 5.90. The number of halogens is 4. The van der Waals surface area contributed by atoms with Crippen LogP contribution in [0.4, 0.5) is 17.6 Å². The average Bonchev–Trinajstić information content (AvgIpc) is 2.45. The smallest absolute Gasteiger partial charge is 0.419 e. The van der Waals surface area contributed by atoms with Crippen LogP contribution in [0.1, 0.15) is 35.2 Å². The number of hydrogen-bond acceptors (Lipinski definition) is 3. The molecule has 1 atom stereocenters. The summed E-state index contributed by atoms with van der Waals surface area (Å²) in [6, 6.07) is 2.52. The van der Waals surface area contributed by atoms with E-state index in [4.69, 9.17) is 9.47 Å². The largest absolute Gasteiger partial charge is 0.459 e. The van der Waals surface area contributed by atoms with Gasteiger partial charge in [0.15, 0.2) is 0 Å². The number of hydrogen-bond donors (Lipinski definition) is 0. The predicted molar refractivity (Wildman–Crippen MR) is 65.3 cm³/mol. The fourth-order valence-corrected chi connectivity index (χ4v) is 2.09. The van der Waals surface area contributed by atoms with Gasteiger partial charge >= 0.3 is 12.1 Å². The quantitative estimate of drug-likeness (QED) is 0.632. The molecule has 7 heteroatoms. The van der Waals surface area contributed by atoms with Gasteiger partial charge in [0.1, 0.15) is 12.4 Å². The lowest BCUT2D eigenvalue weighted by Gasteiger charge is -2.22. The Bertz CT molecular complexity index is 507. The van der Waals surface area contributed by atoms with Gasteiger partial charge in [0, 0.05) is 6.61 Å². The molecule has 0 aliphatic carbocycles. The Hall–Kier alpha value is -1.63. The fraction of sp³-hybridized carbons (Fsp3) is 0.500. The van der Waals surface area contributed by atoms with Gasteiger partial charge in [-0.15, -0.1) is 0 Å². The second-order valence-electron chi connectivity index (χ2n) is 4.75. The Kier molecular flexibility index (Phi) is 4.82. The molecular formula is C14H14F4O3. The molecule has 21 heavy (non-hydrogen) atoms. The minimum absolute atomic E-state index is 0.0888. The maximum absolute atomic E-state index is 13.7. The van der Waals surface area contributed by atoms with Crippen LogP contribution in [0.5, 0.6) is 0 Å². The van der Waals surface area contributed by atoms with Gasteiger partial charge in [-0.05, 0) is 31.4 Å². The molecule has 0 bridgehead atoms. The zero-order valence-corrected chi connectivity index (χ0v) is 11.1. The Morgan fingerprint density at radius 2 is 2.10 bits per heavy atom. The molecule has 1 fully saturated rings. The fourth-order valence-electron chi connectivity index (χ4n) is 2.09. The summed E-state index contributed by atoms with van der Waals surface area (Å²) >= 11 is 0. The molecule has 1 aliphatic rings. The first-order valence-corrected chi connectivity index (χ1v) is 6.54. The van der Waals surface area contributed by atoms with E-state index in [2.05, 4.69) is 0 Å². The van der Waals surface area contributed by atoms with Crippen molar-refractivity contribution in [3.8, 4) is 0 Å². The van der Waals surface area contributed by atoms with Crippen molar-refractivity contribution < 1.29 is 31.8 Å². The van der Waals surface area contributed by atoms with E-state index in [1.807, 2.05) is 0 Å². The van der Waals surface area contributed by atoms with E-state index in [-0.39, 0.29) is 12.7 Å². The van der Waals surface area contributed by atoms with Crippen molar-refractivity contribution in [2.45, 2.75) is 31.5 Å². The summed E-state index contributed by atoms with van der Waals surface area (Å²) in [6.45, 7) is 0.467. The SMILES string of the molecule is O=C(OCC1CCCCO1)c1cccc(C(F)(F)F)c1F. The van der Waals surface area contributed by atoms with Crippen LogP contribution in [-0.4, -0.2) is 25.3 Å². The highest BCUT2D eigenvalue weighted by Gasteiger charge is 2.36. The van der Waals surface area contributed by atoms with Crippen LogP contribution >= 0.6 is 0 Å². The van der Waals surface area contributed by atoms with Crippen LogP contribution in [0.2, 0.25) is 0 Å². The molecule has 2 rings (SSSR count). The van der Waals surface area contributed by atoms with E-state index in [0.717, 1.165) is 25.0 Å². The summed E-state index contributed by atoms with van der Waals surface area (Å²) < 4.78 is 61.6. The third-order valence-electron chi connectivity index (χ3n) is 3.20. The molecule has 0 spiro atoms. The lowest BCUT2D eigenvalue weighted by molar-refractivity contribution is -0.140. The van der Waals surface area contributed by atoms with Crippen molar-refractivity contribution in [3.05, 3.63) is 35.1 Å². The first-order chi connectivity index (χ1) is 9.89. The van der Waals surface area contributed by atoms with Crippen LogP contribution in [0.15, 0.2) is 18.2 Å². The Morgan fingerprint density at radius 3 is 2.71 bits per heavy atom. The highest BCUT2D eigenvalue weighted by Crippen LogP contribution is 2.32. The molecule has 3 nitrogen and oxygen atoms in total. The maximum Gasteiger partial charge on any atom is 0.419 e. The van der Waals surface area contributed by atoms with Crippen molar-refractivity contribution in [2.24, 2.45) is 0 Å². The number of alkyl halides is 3. The third kappa shape index (κ3) is 3.93. The zero-order valence-electron chi connectivity index (χ0n) is 11.1. The topological polar surface area (TPSA) is 35.5 Å². The van der Waals surface area contributed by atoms with E-state index >= 15 is 0 Å². The predicted octanol–water partition coefficient (Wildman–Crippen LogP) is 3.57. The second-order valence-corrected chi connectivity index (χ2v) is 4.75. The van der Waals surface area contributed by atoms with E-state index in [0.29, 0.717) is 19.1 Å². The molecule has 0 aromatic heterocycles. The molecule has 1 saturated heterocycles. The number of esters is 1. The summed E-state index contributed by atoms with van der Waals surface area (Å²) in [5, 5.41) is 0. The van der Waals surface area contributed by atoms with E-state index < -0.39 is 29.1 Å². The molecule has 0 radical (unpaired) electrons. The van der Waals surface area contributed by atoms with Gasteiger partial charge in [-0.25, -0.2) is 9.18 Å². The van der Waals surface area contributed by atoms with Gasteiger partial charge < -0.3 is 9.47 Å². The van der Waals surface area contributed by atoms with E-state index in [1.54, 1.807) is 0 Å². The zero-order chi connectivity index (χ0) is 15.5. The summed E-state index contributed by atoms with van der Waals surface area (Å²) in [4.78, 5) is 11.7. The van der Waals surface area contributed by atoms with E-state index in [9.17, 15) is 22.4 Å². The normalized spacial score (nSPS) is 19.3. The average molecular weight is 306 g/mol. The van der Waals surface area contributed by atoms with Crippen LogP contribution in [0.25, 0.3) is 0 Å². The number of benzene rings is 1.